The number of hydrogen-bond acceptors (Lipinski definition) is 6. The predicted molar refractivity (Wildman–Crippen MR) is 202 cm³/mol. The van der Waals surface area contributed by atoms with Gasteiger partial charge in [0.1, 0.15) is 5.75 Å². The van der Waals surface area contributed by atoms with Crippen LogP contribution >= 0.6 is 36.7 Å². The molecule has 9 nitrogen and oxygen atoms in total. The second kappa shape index (κ2) is 17.0. The molecule has 3 aromatic heterocycles. The quantitative estimate of drug-likeness (QED) is 0.0878. The standard InChI is InChI=1S/C13H16N2S.C12H14N2OS.C11H12N2O2S/c1-13(2,3)10-6-4-9(5-7-10)11-8-14-12(16)15-11;1-2-6-15-10-5-3-4-9(7-10)11-8-13-12(16)14-11;1-14-9-4-3-7(5-10(9)15-2)8-6-12-11(16)13-8/h4-8H,1-3H3,(H2,14,15,16);3-5,7-8H,2,6H2,1H3,(H2,13,14,16);3-6H,1-2H3,(H2,12,13,16). The van der Waals surface area contributed by atoms with Gasteiger partial charge in [0, 0.05) is 29.7 Å². The van der Waals surface area contributed by atoms with Crippen molar-refractivity contribution in [2.24, 2.45) is 0 Å². The summed E-state index contributed by atoms with van der Waals surface area (Å²) in [7, 11) is 3.22. The molecule has 0 radical (unpaired) electrons. The molecule has 6 aromatic rings. The molecule has 0 saturated heterocycles. The van der Waals surface area contributed by atoms with Crippen LogP contribution in [0.1, 0.15) is 39.7 Å². The summed E-state index contributed by atoms with van der Waals surface area (Å²) in [4.78, 5) is 18.1. The Morgan fingerprint density at radius 1 is 0.604 bits per heavy atom. The van der Waals surface area contributed by atoms with Crippen LogP contribution < -0.4 is 14.2 Å². The van der Waals surface area contributed by atoms with Crippen molar-refractivity contribution in [1.29, 1.82) is 0 Å². The van der Waals surface area contributed by atoms with Gasteiger partial charge in [-0.05, 0) is 89.9 Å². The van der Waals surface area contributed by atoms with Crippen LogP contribution in [0.3, 0.4) is 0 Å². The average Bonchev–Trinajstić information content (AvgIpc) is 3.85. The molecule has 0 unspecified atom stereocenters. The molecule has 3 heterocycles. The summed E-state index contributed by atoms with van der Waals surface area (Å²) in [6, 6.07) is 22.2. The first-order chi connectivity index (χ1) is 23.0. The van der Waals surface area contributed by atoms with Crippen molar-refractivity contribution in [3.05, 3.63) is 105 Å². The van der Waals surface area contributed by atoms with E-state index < -0.39 is 0 Å². The maximum atomic E-state index is 5.57. The highest BCUT2D eigenvalue weighted by molar-refractivity contribution is 7.71. The van der Waals surface area contributed by atoms with Gasteiger partial charge in [-0.2, -0.15) is 0 Å². The molecular weight excluding hydrogens is 661 g/mol. The van der Waals surface area contributed by atoms with Gasteiger partial charge in [0.15, 0.2) is 25.8 Å². The number of rotatable bonds is 8. The molecule has 3 aromatic carbocycles. The molecule has 0 amide bonds. The molecular formula is C36H42N6O3S3. The maximum absolute atomic E-state index is 5.57. The third kappa shape index (κ3) is 10.2. The monoisotopic (exact) mass is 702 g/mol. The number of benzene rings is 3. The summed E-state index contributed by atoms with van der Waals surface area (Å²) in [6.07, 6.45) is 6.59. The number of hydrogen-bond donors (Lipinski definition) is 6. The molecule has 6 N–H and O–H groups in total. The first-order valence-corrected chi connectivity index (χ1v) is 16.6. The molecule has 12 heteroatoms. The third-order valence-electron chi connectivity index (χ3n) is 7.16. The van der Waals surface area contributed by atoms with E-state index >= 15 is 0 Å². The fraction of sp³-hybridized carbons (Fsp3) is 0.250. The van der Waals surface area contributed by atoms with Crippen LogP contribution in [0.15, 0.2) is 85.3 Å². The largest absolute Gasteiger partial charge is 0.494 e. The molecule has 0 bridgehead atoms. The highest BCUT2D eigenvalue weighted by Crippen LogP contribution is 2.31. The molecule has 0 fully saturated rings. The Balaban J connectivity index is 0.000000163. The number of ether oxygens (including phenoxy) is 3. The van der Waals surface area contributed by atoms with Crippen molar-refractivity contribution in [3.8, 4) is 51.0 Å². The van der Waals surface area contributed by atoms with E-state index in [0.717, 1.165) is 52.5 Å². The number of aromatic nitrogens is 6. The van der Waals surface area contributed by atoms with Crippen molar-refractivity contribution in [3.63, 3.8) is 0 Å². The Labute approximate surface area is 296 Å². The second-order valence-corrected chi connectivity index (χ2v) is 13.0. The molecule has 0 aliphatic heterocycles. The van der Waals surface area contributed by atoms with E-state index in [0.29, 0.717) is 25.8 Å². The van der Waals surface area contributed by atoms with Crippen LogP contribution in [0.2, 0.25) is 0 Å². The zero-order valence-corrected chi connectivity index (χ0v) is 30.4. The van der Waals surface area contributed by atoms with E-state index in [4.69, 9.17) is 50.9 Å². The van der Waals surface area contributed by atoms with Gasteiger partial charge in [0.05, 0.1) is 37.9 Å². The highest BCUT2D eigenvalue weighted by atomic mass is 32.1. The molecule has 0 atom stereocenters. The van der Waals surface area contributed by atoms with Gasteiger partial charge >= 0.3 is 0 Å². The lowest BCUT2D eigenvalue weighted by molar-refractivity contribution is 0.317. The lowest BCUT2D eigenvalue weighted by Crippen LogP contribution is -2.10. The Morgan fingerprint density at radius 2 is 1.10 bits per heavy atom. The molecule has 0 aliphatic rings. The first kappa shape index (κ1) is 36.2. The van der Waals surface area contributed by atoms with Crippen LogP contribution in [-0.2, 0) is 5.41 Å². The van der Waals surface area contributed by atoms with Crippen molar-refractivity contribution >= 4 is 36.7 Å². The second-order valence-electron chi connectivity index (χ2n) is 11.7. The summed E-state index contributed by atoms with van der Waals surface area (Å²) in [5.74, 6) is 2.29. The van der Waals surface area contributed by atoms with E-state index in [1.54, 1.807) is 14.2 Å². The molecule has 252 valence electrons. The van der Waals surface area contributed by atoms with Crippen LogP contribution in [0, 0.1) is 14.3 Å². The Morgan fingerprint density at radius 3 is 1.56 bits per heavy atom. The fourth-order valence-electron chi connectivity index (χ4n) is 4.59. The topological polar surface area (TPSA) is 122 Å². The third-order valence-corrected chi connectivity index (χ3v) is 7.82. The molecule has 0 saturated carbocycles. The van der Waals surface area contributed by atoms with E-state index in [9.17, 15) is 0 Å². The molecule has 6 rings (SSSR count). The van der Waals surface area contributed by atoms with Crippen molar-refractivity contribution in [2.45, 2.75) is 39.5 Å². The van der Waals surface area contributed by atoms with Gasteiger partial charge in [-0.3, -0.25) is 0 Å². The number of aromatic amines is 6. The normalized spacial score (nSPS) is 10.7. The van der Waals surface area contributed by atoms with Crippen LogP contribution in [0.5, 0.6) is 17.2 Å². The first-order valence-electron chi connectivity index (χ1n) is 15.4. The summed E-state index contributed by atoms with van der Waals surface area (Å²) >= 11 is 15.0. The average molecular weight is 703 g/mol. The minimum Gasteiger partial charge on any atom is -0.494 e. The minimum absolute atomic E-state index is 0.198. The van der Waals surface area contributed by atoms with E-state index in [-0.39, 0.29) is 5.41 Å². The van der Waals surface area contributed by atoms with Gasteiger partial charge in [0.2, 0.25) is 0 Å². The molecule has 0 aliphatic carbocycles. The zero-order valence-electron chi connectivity index (χ0n) is 27.9. The Bertz CT molecular complexity index is 2060. The summed E-state index contributed by atoms with van der Waals surface area (Å²) < 4.78 is 17.9. The maximum Gasteiger partial charge on any atom is 0.174 e. The summed E-state index contributed by atoms with van der Waals surface area (Å²) in [6.45, 7) is 9.48. The lowest BCUT2D eigenvalue weighted by atomic mass is 9.86. The van der Waals surface area contributed by atoms with Crippen molar-refractivity contribution < 1.29 is 14.2 Å². The Kier molecular flexibility index (Phi) is 12.8. The number of imidazole rings is 3. The fourth-order valence-corrected chi connectivity index (χ4v) is 5.10. The van der Waals surface area contributed by atoms with Gasteiger partial charge in [0.25, 0.3) is 0 Å². The van der Waals surface area contributed by atoms with E-state index in [1.807, 2.05) is 61.1 Å². The summed E-state index contributed by atoms with van der Waals surface area (Å²) in [5, 5.41) is 0. The highest BCUT2D eigenvalue weighted by Gasteiger charge is 2.13. The van der Waals surface area contributed by atoms with Crippen LogP contribution in [0.4, 0.5) is 0 Å². The van der Waals surface area contributed by atoms with Crippen LogP contribution in [0.25, 0.3) is 33.8 Å². The Hall–Kier alpha value is -4.65. The van der Waals surface area contributed by atoms with Crippen molar-refractivity contribution in [1.82, 2.24) is 29.9 Å². The summed E-state index contributed by atoms with van der Waals surface area (Å²) in [5.41, 5.74) is 7.68. The van der Waals surface area contributed by atoms with Gasteiger partial charge < -0.3 is 44.1 Å². The number of nitrogens with one attached hydrogen (secondary N) is 6. The number of H-pyrrole nitrogens is 6. The van der Waals surface area contributed by atoms with Gasteiger partial charge in [-0.25, -0.2) is 0 Å². The lowest BCUT2D eigenvalue weighted by Gasteiger charge is -2.18. The van der Waals surface area contributed by atoms with Crippen molar-refractivity contribution in [2.75, 3.05) is 20.8 Å². The number of methoxy groups -OCH3 is 2. The van der Waals surface area contributed by atoms with E-state index in [1.165, 1.54) is 5.56 Å². The minimum atomic E-state index is 0.198. The zero-order chi connectivity index (χ0) is 34.7. The van der Waals surface area contributed by atoms with Crippen LogP contribution in [-0.4, -0.2) is 50.7 Å². The van der Waals surface area contributed by atoms with Gasteiger partial charge in [-0.1, -0.05) is 64.1 Å². The molecule has 48 heavy (non-hydrogen) atoms. The van der Waals surface area contributed by atoms with E-state index in [2.05, 4.69) is 81.9 Å². The van der Waals surface area contributed by atoms with Gasteiger partial charge in [-0.15, -0.1) is 0 Å². The SMILES string of the molecule is CC(C)(C)c1ccc(-c2c[nH]c(=S)[nH]2)cc1.CCCOc1cccc(-c2c[nH]c(=S)[nH]2)c1.COc1ccc(-c2c[nH]c(=S)[nH]2)cc1OC. The smallest absolute Gasteiger partial charge is 0.174 e. The molecule has 0 spiro atoms. The predicted octanol–water partition coefficient (Wildman–Crippen LogP) is 10.3.